The van der Waals surface area contributed by atoms with E-state index in [1.165, 1.54) is 31.2 Å². The van der Waals surface area contributed by atoms with Crippen LogP contribution in [-0.2, 0) is 14.5 Å². The largest absolute Gasteiger partial charge is 0.321 e. The Labute approximate surface area is 88.1 Å². The van der Waals surface area contributed by atoms with Crippen molar-refractivity contribution in [3.8, 4) is 5.75 Å². The highest BCUT2D eigenvalue weighted by Gasteiger charge is 2.09. The van der Waals surface area contributed by atoms with Gasteiger partial charge in [-0.15, -0.1) is 0 Å². The first kappa shape index (κ1) is 11.5. The van der Waals surface area contributed by atoms with Crippen LogP contribution in [0.25, 0.3) is 4.85 Å². The van der Waals surface area contributed by atoms with Gasteiger partial charge < -0.3 is 4.89 Å². The molecule has 0 saturated carbocycles. The Morgan fingerprint density at radius 1 is 1.33 bits per heavy atom. The summed E-state index contributed by atoms with van der Waals surface area (Å²) in [5.41, 5.74) is 0.445. The summed E-state index contributed by atoms with van der Waals surface area (Å²) in [5.74, 6) is 0.0760. The lowest BCUT2D eigenvalue weighted by atomic mass is 10.3. The van der Waals surface area contributed by atoms with Gasteiger partial charge in [0.15, 0.2) is 11.4 Å². The van der Waals surface area contributed by atoms with Crippen molar-refractivity contribution >= 4 is 15.8 Å². The Morgan fingerprint density at radius 2 is 1.93 bits per heavy atom. The zero-order valence-corrected chi connectivity index (χ0v) is 8.82. The van der Waals surface area contributed by atoms with Gasteiger partial charge in [0.25, 0.3) is 0 Å². The molecule has 0 atom stereocenters. The molecule has 0 aliphatic rings. The quantitative estimate of drug-likeness (QED) is 0.448. The molecule has 0 N–H and O–H groups in total. The fourth-order valence-corrected chi connectivity index (χ4v) is 0.994. The normalized spacial score (nSPS) is 10.7. The molecule has 5 nitrogen and oxygen atoms in total. The third-order valence-corrected chi connectivity index (χ3v) is 2.54. The van der Waals surface area contributed by atoms with E-state index in [9.17, 15) is 8.42 Å². The summed E-state index contributed by atoms with van der Waals surface area (Å²) >= 11 is 0. The molecule has 0 heterocycles. The van der Waals surface area contributed by atoms with Crippen LogP contribution in [0.15, 0.2) is 24.3 Å². The monoisotopic (exact) mass is 227 g/mol. The molecule has 1 rings (SSSR count). The van der Waals surface area contributed by atoms with Gasteiger partial charge in [-0.2, -0.15) is 8.42 Å². The number of nitrogens with zero attached hydrogens (tertiary/aromatic N) is 1. The van der Waals surface area contributed by atoms with Gasteiger partial charge in [0.2, 0.25) is 0 Å². The standard InChI is InChI=1S/C9H9NO4S/c1-3-15(11,12)14-13-9-6-4-8(10-2)5-7-9/h4-7H,3H2,1H3. The second-order valence-corrected chi connectivity index (χ2v) is 4.43. The maximum atomic E-state index is 10.9. The zero-order chi connectivity index (χ0) is 11.3. The van der Waals surface area contributed by atoms with E-state index in [2.05, 4.69) is 14.1 Å². The van der Waals surface area contributed by atoms with E-state index >= 15 is 0 Å². The number of benzene rings is 1. The minimum absolute atomic E-state index is 0.160. The Balaban J connectivity index is 2.64. The van der Waals surface area contributed by atoms with E-state index in [1.807, 2.05) is 0 Å². The molecule has 15 heavy (non-hydrogen) atoms. The van der Waals surface area contributed by atoms with E-state index in [0.29, 0.717) is 5.69 Å². The first-order valence-electron chi connectivity index (χ1n) is 4.14. The first-order valence-corrected chi connectivity index (χ1v) is 5.71. The highest BCUT2D eigenvalue weighted by atomic mass is 32.2. The molecule has 0 amide bonds. The Kier molecular flexibility index (Phi) is 3.66. The molecular formula is C9H9NO4S. The molecule has 0 unspecified atom stereocenters. The molecule has 0 aliphatic heterocycles. The molecule has 1 aromatic rings. The van der Waals surface area contributed by atoms with Crippen molar-refractivity contribution in [1.82, 2.24) is 0 Å². The topological polar surface area (TPSA) is 57.0 Å². The van der Waals surface area contributed by atoms with Crippen LogP contribution >= 0.6 is 0 Å². The predicted octanol–water partition coefficient (Wildman–Crippen LogP) is 1.90. The van der Waals surface area contributed by atoms with Gasteiger partial charge in [-0.3, -0.25) is 0 Å². The van der Waals surface area contributed by atoms with Gasteiger partial charge >= 0.3 is 10.1 Å². The Bertz CT molecular complexity index is 458. The van der Waals surface area contributed by atoms with Crippen LogP contribution in [-0.4, -0.2) is 14.2 Å². The van der Waals surface area contributed by atoms with Crippen molar-refractivity contribution in [2.45, 2.75) is 6.92 Å². The average Bonchev–Trinajstić information content (AvgIpc) is 2.27. The van der Waals surface area contributed by atoms with Gasteiger partial charge in [0, 0.05) is 0 Å². The number of rotatable bonds is 4. The first-order chi connectivity index (χ1) is 7.07. The van der Waals surface area contributed by atoms with Gasteiger partial charge in [-0.25, -0.2) is 4.85 Å². The lowest BCUT2D eigenvalue weighted by molar-refractivity contribution is -0.0923. The van der Waals surface area contributed by atoms with Crippen LogP contribution in [0, 0.1) is 6.57 Å². The molecular weight excluding hydrogens is 218 g/mol. The lowest BCUT2D eigenvalue weighted by Gasteiger charge is -2.03. The number of hydrogen-bond acceptors (Lipinski definition) is 4. The van der Waals surface area contributed by atoms with E-state index in [4.69, 9.17) is 6.57 Å². The molecule has 0 fully saturated rings. The van der Waals surface area contributed by atoms with Crippen molar-refractivity contribution in [3.05, 3.63) is 35.7 Å². The van der Waals surface area contributed by atoms with E-state index in [0.717, 1.165) is 0 Å². The Hall–Kier alpha value is -1.58. The van der Waals surface area contributed by atoms with Crippen molar-refractivity contribution < 1.29 is 17.6 Å². The molecule has 0 bridgehead atoms. The summed E-state index contributed by atoms with van der Waals surface area (Å²) < 4.78 is 26.0. The molecule has 0 aliphatic carbocycles. The van der Waals surface area contributed by atoms with Crippen molar-refractivity contribution in [1.29, 1.82) is 0 Å². The molecule has 0 aromatic heterocycles. The third kappa shape index (κ3) is 3.58. The minimum atomic E-state index is -3.62. The lowest BCUT2D eigenvalue weighted by Crippen LogP contribution is -2.10. The summed E-state index contributed by atoms with van der Waals surface area (Å²) in [4.78, 5) is 7.74. The molecule has 1 aromatic carbocycles. The molecule has 0 radical (unpaired) electrons. The van der Waals surface area contributed by atoms with Gasteiger partial charge in [-0.1, -0.05) is 16.5 Å². The van der Waals surface area contributed by atoms with Crippen LogP contribution in [0.1, 0.15) is 6.92 Å². The maximum Gasteiger partial charge on any atom is 0.302 e. The fourth-order valence-electron chi connectivity index (χ4n) is 0.715. The summed E-state index contributed by atoms with van der Waals surface area (Å²) in [6, 6.07) is 5.92. The molecule has 80 valence electrons. The third-order valence-electron chi connectivity index (χ3n) is 1.55. The van der Waals surface area contributed by atoms with E-state index in [-0.39, 0.29) is 11.5 Å². The predicted molar refractivity (Wildman–Crippen MR) is 53.9 cm³/mol. The smallest absolute Gasteiger partial charge is 0.302 e. The van der Waals surface area contributed by atoms with Crippen LogP contribution in [0.2, 0.25) is 0 Å². The second-order valence-electron chi connectivity index (χ2n) is 2.60. The molecule has 6 heteroatoms. The summed E-state index contributed by atoms with van der Waals surface area (Å²) in [7, 11) is -3.62. The van der Waals surface area contributed by atoms with Gasteiger partial charge in [0.1, 0.15) is 0 Å². The van der Waals surface area contributed by atoms with Crippen LogP contribution in [0.5, 0.6) is 5.75 Å². The second kappa shape index (κ2) is 4.77. The van der Waals surface area contributed by atoms with Crippen molar-refractivity contribution in [2.24, 2.45) is 0 Å². The van der Waals surface area contributed by atoms with Crippen molar-refractivity contribution in [3.63, 3.8) is 0 Å². The Morgan fingerprint density at radius 3 is 2.40 bits per heavy atom. The van der Waals surface area contributed by atoms with Crippen molar-refractivity contribution in [2.75, 3.05) is 5.75 Å². The van der Waals surface area contributed by atoms with Crippen LogP contribution in [0.4, 0.5) is 5.69 Å². The van der Waals surface area contributed by atoms with Crippen LogP contribution in [0.3, 0.4) is 0 Å². The van der Waals surface area contributed by atoms with Gasteiger partial charge in [-0.05, 0) is 19.1 Å². The summed E-state index contributed by atoms with van der Waals surface area (Å²) in [6.07, 6.45) is 0. The highest BCUT2D eigenvalue weighted by Crippen LogP contribution is 2.18. The summed E-state index contributed by atoms with van der Waals surface area (Å²) in [6.45, 7) is 8.15. The number of hydrogen-bond donors (Lipinski definition) is 0. The highest BCUT2D eigenvalue weighted by molar-refractivity contribution is 7.86. The minimum Gasteiger partial charge on any atom is -0.321 e. The molecule has 0 saturated heterocycles. The SMILES string of the molecule is [C-]#[N+]c1ccc(OOS(=O)(=O)CC)cc1. The summed E-state index contributed by atoms with van der Waals surface area (Å²) in [5, 5.41) is 0. The van der Waals surface area contributed by atoms with Crippen LogP contribution < -0.4 is 4.89 Å². The zero-order valence-electron chi connectivity index (χ0n) is 8.00. The average molecular weight is 227 g/mol. The van der Waals surface area contributed by atoms with Gasteiger partial charge in [0.05, 0.1) is 12.3 Å². The molecule has 0 spiro atoms. The van der Waals surface area contributed by atoms with E-state index < -0.39 is 10.1 Å². The fraction of sp³-hybridized carbons (Fsp3) is 0.222. The van der Waals surface area contributed by atoms with E-state index in [1.54, 1.807) is 0 Å². The maximum absolute atomic E-state index is 10.9.